The smallest absolute Gasteiger partial charge is 0.192 e. The highest BCUT2D eigenvalue weighted by Gasteiger charge is 2.36. The van der Waals surface area contributed by atoms with E-state index in [1.54, 1.807) is 0 Å². The molecule has 0 aliphatic heterocycles. The Kier molecular flexibility index (Phi) is 4.42. The quantitative estimate of drug-likeness (QED) is 0.735. The third-order valence-corrected chi connectivity index (χ3v) is 9.22. The maximum Gasteiger partial charge on any atom is 0.192 e. The third-order valence-electron chi connectivity index (χ3n) is 4.18. The van der Waals surface area contributed by atoms with Crippen molar-refractivity contribution in [3.8, 4) is 0 Å². The lowest BCUT2D eigenvalue weighted by atomic mass is 10.2. The molecule has 0 fully saturated rings. The summed E-state index contributed by atoms with van der Waals surface area (Å²) in [6, 6.07) is 6.19. The highest BCUT2D eigenvalue weighted by Crippen LogP contribution is 2.36. The predicted octanol–water partition coefficient (Wildman–Crippen LogP) is 4.82. The van der Waals surface area contributed by atoms with E-state index in [2.05, 4.69) is 71.5 Å². The van der Waals surface area contributed by atoms with Crippen molar-refractivity contribution in [1.29, 1.82) is 0 Å². The van der Waals surface area contributed by atoms with Gasteiger partial charge in [0.1, 0.15) is 0 Å². The highest BCUT2D eigenvalue weighted by molar-refractivity contribution is 9.10. The summed E-state index contributed by atoms with van der Waals surface area (Å²) in [6.45, 7) is 13.0. The molecule has 5 heteroatoms. The Balaban J connectivity index is 2.04. The van der Waals surface area contributed by atoms with E-state index >= 15 is 0 Å². The van der Waals surface area contributed by atoms with Gasteiger partial charge >= 0.3 is 0 Å². The summed E-state index contributed by atoms with van der Waals surface area (Å²) in [5, 5.41) is 0.259. The summed E-state index contributed by atoms with van der Waals surface area (Å²) >= 11 is 3.47. The maximum absolute atomic E-state index is 6.22. The Morgan fingerprint density at radius 1 is 1.30 bits per heavy atom. The number of hydrogen-bond acceptors (Lipinski definition) is 2. The first-order valence-corrected chi connectivity index (χ1v) is 10.7. The SMILES string of the molecule is CC(C)(C)[Si](C)(C)OCCn1cnc2cc(Br)ccc21. The fourth-order valence-corrected chi connectivity index (χ4v) is 3.21. The molecule has 0 atom stereocenters. The van der Waals surface area contributed by atoms with Crippen LogP contribution in [0.2, 0.25) is 18.1 Å². The van der Waals surface area contributed by atoms with Crippen LogP contribution in [0.5, 0.6) is 0 Å². The normalized spacial score (nSPS) is 13.1. The second-order valence-corrected chi connectivity index (χ2v) is 12.4. The van der Waals surface area contributed by atoms with Crippen molar-refractivity contribution in [2.24, 2.45) is 0 Å². The minimum Gasteiger partial charge on any atom is -0.415 e. The van der Waals surface area contributed by atoms with E-state index in [9.17, 15) is 0 Å². The molecule has 0 N–H and O–H groups in total. The number of halogens is 1. The molecular weight excluding hydrogens is 332 g/mol. The van der Waals surface area contributed by atoms with Crippen molar-refractivity contribution in [2.45, 2.75) is 45.4 Å². The molecule has 1 heterocycles. The summed E-state index contributed by atoms with van der Waals surface area (Å²) < 4.78 is 9.45. The van der Waals surface area contributed by atoms with Crippen LogP contribution in [-0.2, 0) is 11.0 Å². The van der Waals surface area contributed by atoms with Crippen LogP contribution in [0.4, 0.5) is 0 Å². The molecule has 1 aromatic carbocycles. The topological polar surface area (TPSA) is 27.1 Å². The fraction of sp³-hybridized carbons (Fsp3) is 0.533. The van der Waals surface area contributed by atoms with Gasteiger partial charge in [-0.25, -0.2) is 4.98 Å². The van der Waals surface area contributed by atoms with Crippen LogP contribution in [0, 0.1) is 0 Å². The zero-order chi connectivity index (χ0) is 15.0. The summed E-state index contributed by atoms with van der Waals surface area (Å²) in [6.07, 6.45) is 1.89. The molecule has 2 aromatic rings. The molecule has 3 nitrogen and oxygen atoms in total. The lowest BCUT2D eigenvalue weighted by Crippen LogP contribution is -2.41. The fourth-order valence-electron chi connectivity index (χ4n) is 1.83. The number of aromatic nitrogens is 2. The van der Waals surface area contributed by atoms with Gasteiger partial charge in [-0.05, 0) is 36.3 Å². The zero-order valence-electron chi connectivity index (χ0n) is 12.9. The summed E-state index contributed by atoms with van der Waals surface area (Å²) in [5.41, 5.74) is 2.18. The van der Waals surface area contributed by atoms with Crippen molar-refractivity contribution in [1.82, 2.24) is 9.55 Å². The highest BCUT2D eigenvalue weighted by atomic mass is 79.9. The van der Waals surface area contributed by atoms with Crippen LogP contribution in [0.15, 0.2) is 29.0 Å². The van der Waals surface area contributed by atoms with Gasteiger partial charge in [-0.1, -0.05) is 36.7 Å². The van der Waals surface area contributed by atoms with Crippen molar-refractivity contribution in [3.63, 3.8) is 0 Å². The Labute approximate surface area is 130 Å². The molecule has 0 radical (unpaired) electrons. The lowest BCUT2D eigenvalue weighted by Gasteiger charge is -2.36. The molecule has 1 aromatic heterocycles. The number of imidazole rings is 1. The first-order valence-electron chi connectivity index (χ1n) is 6.95. The average molecular weight is 355 g/mol. The van der Waals surface area contributed by atoms with E-state index in [-0.39, 0.29) is 5.04 Å². The predicted molar refractivity (Wildman–Crippen MR) is 90.6 cm³/mol. The average Bonchev–Trinajstić information content (AvgIpc) is 2.70. The molecule has 0 amide bonds. The van der Waals surface area contributed by atoms with Gasteiger partial charge in [0.25, 0.3) is 0 Å². The van der Waals surface area contributed by atoms with Crippen molar-refractivity contribution >= 4 is 35.3 Å². The van der Waals surface area contributed by atoms with Crippen LogP contribution < -0.4 is 0 Å². The number of fused-ring (bicyclic) bond motifs is 1. The van der Waals surface area contributed by atoms with Gasteiger partial charge in [-0.2, -0.15) is 0 Å². The maximum atomic E-state index is 6.22. The van der Waals surface area contributed by atoms with Gasteiger partial charge in [0.05, 0.1) is 24.0 Å². The molecule has 110 valence electrons. The number of hydrogen-bond donors (Lipinski definition) is 0. The van der Waals surface area contributed by atoms with Crippen LogP contribution >= 0.6 is 15.9 Å². The molecule has 0 aliphatic rings. The Morgan fingerprint density at radius 3 is 2.65 bits per heavy atom. The van der Waals surface area contributed by atoms with Gasteiger partial charge in [-0.15, -0.1) is 0 Å². The number of benzene rings is 1. The van der Waals surface area contributed by atoms with Crippen molar-refractivity contribution in [3.05, 3.63) is 29.0 Å². The summed E-state index contributed by atoms with van der Waals surface area (Å²) in [4.78, 5) is 4.43. The molecule has 0 aliphatic carbocycles. The minimum atomic E-state index is -1.66. The van der Waals surface area contributed by atoms with E-state index in [0.29, 0.717) is 0 Å². The molecule has 0 spiro atoms. The van der Waals surface area contributed by atoms with Crippen LogP contribution in [0.25, 0.3) is 11.0 Å². The first kappa shape index (κ1) is 15.7. The molecular formula is C15H23BrN2OSi. The van der Waals surface area contributed by atoms with Gasteiger partial charge in [0, 0.05) is 11.0 Å². The van der Waals surface area contributed by atoms with Crippen LogP contribution in [-0.4, -0.2) is 24.5 Å². The molecule has 0 unspecified atom stereocenters. The zero-order valence-corrected chi connectivity index (χ0v) is 15.5. The molecule has 20 heavy (non-hydrogen) atoms. The van der Waals surface area contributed by atoms with E-state index < -0.39 is 8.32 Å². The molecule has 0 bridgehead atoms. The van der Waals surface area contributed by atoms with Gasteiger partial charge in [-0.3, -0.25) is 0 Å². The molecule has 2 rings (SSSR count). The van der Waals surface area contributed by atoms with E-state index in [0.717, 1.165) is 28.7 Å². The Morgan fingerprint density at radius 2 is 2.00 bits per heavy atom. The van der Waals surface area contributed by atoms with Gasteiger partial charge in [0.15, 0.2) is 8.32 Å². The van der Waals surface area contributed by atoms with Crippen molar-refractivity contribution < 1.29 is 4.43 Å². The first-order chi connectivity index (χ1) is 9.21. The minimum absolute atomic E-state index is 0.259. The van der Waals surface area contributed by atoms with Gasteiger partial charge < -0.3 is 8.99 Å². The summed E-state index contributed by atoms with van der Waals surface area (Å²) in [5.74, 6) is 0. The second kappa shape index (κ2) is 5.62. The number of nitrogens with zero attached hydrogens (tertiary/aromatic N) is 2. The van der Waals surface area contributed by atoms with E-state index in [1.165, 1.54) is 0 Å². The second-order valence-electron chi connectivity index (χ2n) is 6.68. The largest absolute Gasteiger partial charge is 0.415 e. The third kappa shape index (κ3) is 3.32. The van der Waals surface area contributed by atoms with E-state index in [4.69, 9.17) is 4.43 Å². The molecule has 0 saturated heterocycles. The molecule has 0 saturated carbocycles. The van der Waals surface area contributed by atoms with Crippen LogP contribution in [0.3, 0.4) is 0 Å². The van der Waals surface area contributed by atoms with Gasteiger partial charge in [0.2, 0.25) is 0 Å². The Hall–Kier alpha value is -0.653. The van der Waals surface area contributed by atoms with Crippen LogP contribution in [0.1, 0.15) is 20.8 Å². The summed E-state index contributed by atoms with van der Waals surface area (Å²) in [7, 11) is -1.66. The number of rotatable bonds is 4. The standard InChI is InChI=1S/C15H23BrN2OSi/c1-15(2,3)20(4,5)19-9-8-18-11-17-13-10-12(16)6-7-14(13)18/h6-7,10-11H,8-9H2,1-5H3. The van der Waals surface area contributed by atoms with Crippen molar-refractivity contribution in [2.75, 3.05) is 6.61 Å². The van der Waals surface area contributed by atoms with E-state index in [1.807, 2.05) is 12.4 Å². The lowest BCUT2D eigenvalue weighted by molar-refractivity contribution is 0.273. The Bertz CT molecular complexity index is 601. The monoisotopic (exact) mass is 354 g/mol.